The number of anilines is 1. The number of rotatable bonds is 6. The van der Waals surface area contributed by atoms with E-state index in [1.165, 1.54) is 0 Å². The van der Waals surface area contributed by atoms with Crippen molar-refractivity contribution < 1.29 is 17.9 Å². The van der Waals surface area contributed by atoms with Crippen molar-refractivity contribution >= 4 is 5.95 Å². The quantitative estimate of drug-likeness (QED) is 0.767. The van der Waals surface area contributed by atoms with Gasteiger partial charge in [-0.2, -0.15) is 13.2 Å². The number of H-pyrrole nitrogens is 1. The highest BCUT2D eigenvalue weighted by molar-refractivity contribution is 5.25. The fourth-order valence-electron chi connectivity index (χ4n) is 1.21. The van der Waals surface area contributed by atoms with Gasteiger partial charge < -0.3 is 10.1 Å². The molecule has 0 aliphatic rings. The molecule has 102 valence electrons. The molecule has 0 aromatic carbocycles. The standard InChI is InChI=1S/C10H14F3N3O2/c1-2-18-5-3-4-14-9-15-7(10(11,12)13)6-8(17)16-9/h6H,2-5H2,1H3,(H2,14,15,16,17). The van der Waals surface area contributed by atoms with Gasteiger partial charge in [0, 0.05) is 25.8 Å². The van der Waals surface area contributed by atoms with Crippen molar-refractivity contribution in [3.05, 3.63) is 22.1 Å². The molecular formula is C10H14F3N3O2. The molecule has 8 heteroatoms. The second-order valence-corrected chi connectivity index (χ2v) is 3.45. The van der Waals surface area contributed by atoms with Gasteiger partial charge in [0.15, 0.2) is 5.69 Å². The highest BCUT2D eigenvalue weighted by Crippen LogP contribution is 2.26. The Labute approximate surface area is 101 Å². The highest BCUT2D eigenvalue weighted by atomic mass is 19.4. The minimum absolute atomic E-state index is 0.189. The molecule has 5 nitrogen and oxygen atoms in total. The van der Waals surface area contributed by atoms with E-state index in [2.05, 4.69) is 15.3 Å². The maximum absolute atomic E-state index is 12.4. The average Bonchev–Trinajstić information content (AvgIpc) is 2.27. The number of ether oxygens (including phenoxy) is 1. The van der Waals surface area contributed by atoms with Crippen LogP contribution in [0.4, 0.5) is 19.1 Å². The van der Waals surface area contributed by atoms with Gasteiger partial charge in [-0.05, 0) is 13.3 Å². The van der Waals surface area contributed by atoms with Gasteiger partial charge in [-0.1, -0.05) is 0 Å². The second kappa shape index (κ2) is 6.39. The molecule has 0 radical (unpaired) electrons. The first kappa shape index (κ1) is 14.5. The van der Waals surface area contributed by atoms with Crippen LogP contribution in [-0.4, -0.2) is 29.7 Å². The monoisotopic (exact) mass is 265 g/mol. The van der Waals surface area contributed by atoms with Gasteiger partial charge in [-0.15, -0.1) is 0 Å². The summed E-state index contributed by atoms with van der Waals surface area (Å²) in [6.07, 6.45) is -4.02. The summed E-state index contributed by atoms with van der Waals surface area (Å²) >= 11 is 0. The normalized spacial score (nSPS) is 11.6. The topological polar surface area (TPSA) is 67.0 Å². The van der Waals surface area contributed by atoms with Crippen LogP contribution < -0.4 is 10.9 Å². The molecule has 0 fully saturated rings. The minimum atomic E-state index is -4.63. The number of halogens is 3. The summed E-state index contributed by atoms with van der Waals surface area (Å²) in [5.74, 6) is -0.189. The van der Waals surface area contributed by atoms with Crippen LogP contribution in [-0.2, 0) is 10.9 Å². The van der Waals surface area contributed by atoms with E-state index < -0.39 is 17.4 Å². The van der Waals surface area contributed by atoms with Crippen LogP contribution in [0.3, 0.4) is 0 Å². The lowest BCUT2D eigenvalue weighted by Gasteiger charge is -2.08. The Balaban J connectivity index is 2.61. The van der Waals surface area contributed by atoms with E-state index >= 15 is 0 Å². The van der Waals surface area contributed by atoms with Gasteiger partial charge in [0.1, 0.15) is 0 Å². The molecule has 0 saturated heterocycles. The third-order valence-electron chi connectivity index (χ3n) is 1.99. The van der Waals surface area contributed by atoms with Gasteiger partial charge in [0.2, 0.25) is 5.95 Å². The molecule has 0 bridgehead atoms. The van der Waals surface area contributed by atoms with E-state index in [0.29, 0.717) is 32.2 Å². The average molecular weight is 265 g/mol. The molecular weight excluding hydrogens is 251 g/mol. The first-order valence-corrected chi connectivity index (χ1v) is 5.43. The minimum Gasteiger partial charge on any atom is -0.382 e. The number of aromatic nitrogens is 2. The lowest BCUT2D eigenvalue weighted by Crippen LogP contribution is -2.19. The fourth-order valence-corrected chi connectivity index (χ4v) is 1.21. The van der Waals surface area contributed by atoms with Crippen LogP contribution in [0, 0.1) is 0 Å². The SMILES string of the molecule is CCOCCCNc1nc(C(F)(F)F)cc(=O)[nH]1. The summed E-state index contributed by atoms with van der Waals surface area (Å²) in [7, 11) is 0. The Hall–Kier alpha value is -1.57. The molecule has 0 saturated carbocycles. The lowest BCUT2D eigenvalue weighted by atomic mass is 10.4. The molecule has 0 aliphatic heterocycles. The van der Waals surface area contributed by atoms with Crippen molar-refractivity contribution in [1.29, 1.82) is 0 Å². The zero-order chi connectivity index (χ0) is 13.6. The number of nitrogens with zero attached hydrogens (tertiary/aromatic N) is 1. The molecule has 2 N–H and O–H groups in total. The molecule has 1 aromatic rings. The predicted molar refractivity (Wildman–Crippen MR) is 59.5 cm³/mol. The molecule has 18 heavy (non-hydrogen) atoms. The van der Waals surface area contributed by atoms with Crippen LogP contribution in [0.1, 0.15) is 19.0 Å². The Bertz CT molecular complexity index is 431. The van der Waals surface area contributed by atoms with Crippen LogP contribution >= 0.6 is 0 Å². The fraction of sp³-hybridized carbons (Fsp3) is 0.600. The van der Waals surface area contributed by atoms with Gasteiger partial charge in [0.25, 0.3) is 5.56 Å². The largest absolute Gasteiger partial charge is 0.433 e. The summed E-state index contributed by atoms with van der Waals surface area (Å²) in [6, 6.07) is 0.422. The third-order valence-corrected chi connectivity index (χ3v) is 1.99. The van der Waals surface area contributed by atoms with Gasteiger partial charge in [-0.25, -0.2) is 4.98 Å². The maximum atomic E-state index is 12.4. The second-order valence-electron chi connectivity index (χ2n) is 3.45. The number of hydrogen-bond acceptors (Lipinski definition) is 4. The summed E-state index contributed by atoms with van der Waals surface area (Å²) in [5, 5.41) is 2.61. The number of alkyl halides is 3. The van der Waals surface area contributed by atoms with Crippen molar-refractivity contribution in [2.45, 2.75) is 19.5 Å². The zero-order valence-corrected chi connectivity index (χ0v) is 9.80. The van der Waals surface area contributed by atoms with E-state index in [0.717, 1.165) is 0 Å². The van der Waals surface area contributed by atoms with E-state index in [9.17, 15) is 18.0 Å². The molecule has 1 rings (SSSR count). The number of hydrogen-bond donors (Lipinski definition) is 2. The zero-order valence-electron chi connectivity index (χ0n) is 9.80. The number of aromatic amines is 1. The molecule has 1 aromatic heterocycles. The van der Waals surface area contributed by atoms with Gasteiger partial charge >= 0.3 is 6.18 Å². The van der Waals surface area contributed by atoms with Crippen LogP contribution in [0.25, 0.3) is 0 Å². The Morgan fingerprint density at radius 1 is 1.50 bits per heavy atom. The van der Waals surface area contributed by atoms with Crippen molar-refractivity contribution in [3.63, 3.8) is 0 Å². The highest BCUT2D eigenvalue weighted by Gasteiger charge is 2.33. The molecule has 0 amide bonds. The van der Waals surface area contributed by atoms with Crippen molar-refractivity contribution in [1.82, 2.24) is 9.97 Å². The lowest BCUT2D eigenvalue weighted by molar-refractivity contribution is -0.141. The molecule has 0 aliphatic carbocycles. The van der Waals surface area contributed by atoms with E-state index in [4.69, 9.17) is 4.74 Å². The van der Waals surface area contributed by atoms with E-state index in [1.807, 2.05) is 6.92 Å². The Kier molecular flexibility index (Phi) is 5.14. The first-order valence-electron chi connectivity index (χ1n) is 5.43. The molecule has 0 unspecified atom stereocenters. The third kappa shape index (κ3) is 4.74. The van der Waals surface area contributed by atoms with Gasteiger partial charge in [0.05, 0.1) is 0 Å². The van der Waals surface area contributed by atoms with Crippen LogP contribution in [0.15, 0.2) is 10.9 Å². The van der Waals surface area contributed by atoms with Crippen molar-refractivity contribution in [2.75, 3.05) is 25.1 Å². The summed E-state index contributed by atoms with van der Waals surface area (Å²) < 4.78 is 42.2. The Morgan fingerprint density at radius 2 is 2.22 bits per heavy atom. The van der Waals surface area contributed by atoms with Crippen molar-refractivity contribution in [2.24, 2.45) is 0 Å². The molecule has 0 atom stereocenters. The van der Waals surface area contributed by atoms with Crippen LogP contribution in [0.2, 0.25) is 0 Å². The number of nitrogens with one attached hydrogen (secondary N) is 2. The molecule has 0 spiro atoms. The van der Waals surface area contributed by atoms with Crippen molar-refractivity contribution in [3.8, 4) is 0 Å². The summed E-state index contributed by atoms with van der Waals surface area (Å²) in [6.45, 7) is 3.29. The maximum Gasteiger partial charge on any atom is 0.433 e. The van der Waals surface area contributed by atoms with Crippen LogP contribution in [0.5, 0.6) is 0 Å². The van der Waals surface area contributed by atoms with E-state index in [-0.39, 0.29) is 5.95 Å². The Morgan fingerprint density at radius 3 is 2.83 bits per heavy atom. The summed E-state index contributed by atoms with van der Waals surface area (Å²) in [4.78, 5) is 16.5. The van der Waals surface area contributed by atoms with E-state index in [1.54, 1.807) is 0 Å². The molecule has 1 heterocycles. The summed E-state index contributed by atoms with van der Waals surface area (Å²) in [5.41, 5.74) is -2.05. The van der Waals surface area contributed by atoms with Gasteiger partial charge in [-0.3, -0.25) is 9.78 Å². The predicted octanol–water partition coefficient (Wildman–Crippen LogP) is 1.63. The first-order chi connectivity index (χ1) is 8.43. The smallest absolute Gasteiger partial charge is 0.382 e.